The molecule has 1 heterocycles. The zero-order valence-corrected chi connectivity index (χ0v) is 16.1. The highest BCUT2D eigenvalue weighted by atomic mass is 35.5. The molecular formula is C18H18ClNO3S2. The molecule has 0 bridgehead atoms. The first-order valence-corrected chi connectivity index (χ1v) is 11.1. The molecule has 2 aromatic rings. The summed E-state index contributed by atoms with van der Waals surface area (Å²) >= 11 is 7.52. The zero-order valence-electron chi connectivity index (χ0n) is 13.7. The van der Waals surface area contributed by atoms with Gasteiger partial charge in [0.2, 0.25) is 10.0 Å². The van der Waals surface area contributed by atoms with Crippen LogP contribution in [0.1, 0.15) is 22.3 Å². The number of ketones is 1. The summed E-state index contributed by atoms with van der Waals surface area (Å²) in [6.45, 7) is 0.488. The number of Topliss-reactive ketones (excluding diaryl/α,β-unsaturated/α-hetero) is 1. The van der Waals surface area contributed by atoms with Crippen molar-refractivity contribution in [3.05, 3.63) is 58.6 Å². The third kappa shape index (κ3) is 4.19. The van der Waals surface area contributed by atoms with Gasteiger partial charge in [-0.2, -0.15) is 0 Å². The Morgan fingerprint density at radius 3 is 2.72 bits per heavy atom. The molecule has 1 aliphatic rings. The minimum atomic E-state index is -3.29. The quantitative estimate of drug-likeness (QED) is 0.566. The topological polar surface area (TPSA) is 54.5 Å². The van der Waals surface area contributed by atoms with E-state index in [9.17, 15) is 13.2 Å². The molecule has 0 saturated heterocycles. The molecule has 7 heteroatoms. The number of halogens is 1. The molecule has 0 spiro atoms. The fraction of sp³-hybridized carbons (Fsp3) is 0.278. The molecule has 0 atom stereocenters. The second-order valence-electron chi connectivity index (χ2n) is 5.92. The van der Waals surface area contributed by atoms with E-state index in [4.69, 9.17) is 11.6 Å². The van der Waals surface area contributed by atoms with Gasteiger partial charge in [-0.1, -0.05) is 23.7 Å². The van der Waals surface area contributed by atoms with Crippen LogP contribution in [-0.2, 0) is 16.4 Å². The van der Waals surface area contributed by atoms with Crippen LogP contribution in [0.2, 0.25) is 5.02 Å². The molecule has 0 saturated carbocycles. The van der Waals surface area contributed by atoms with Crippen LogP contribution in [0.3, 0.4) is 0 Å². The number of fused-ring (bicyclic) bond motifs is 1. The number of nitrogens with zero attached hydrogens (tertiary/aromatic N) is 1. The van der Waals surface area contributed by atoms with Gasteiger partial charge in [0, 0.05) is 17.0 Å². The molecule has 1 aliphatic heterocycles. The second kappa shape index (κ2) is 7.40. The number of sulfonamides is 1. The summed E-state index contributed by atoms with van der Waals surface area (Å²) in [5, 5.41) is 0.634. The summed E-state index contributed by atoms with van der Waals surface area (Å²) in [6.07, 6.45) is 2.74. The summed E-state index contributed by atoms with van der Waals surface area (Å²) < 4.78 is 25.2. The van der Waals surface area contributed by atoms with E-state index in [1.54, 1.807) is 18.2 Å². The lowest BCUT2D eigenvalue weighted by Crippen LogP contribution is -2.34. The monoisotopic (exact) mass is 395 g/mol. The highest BCUT2D eigenvalue weighted by Gasteiger charge is 2.24. The molecule has 4 nitrogen and oxygen atoms in total. The van der Waals surface area contributed by atoms with Gasteiger partial charge < -0.3 is 0 Å². The Morgan fingerprint density at radius 2 is 2.00 bits per heavy atom. The summed E-state index contributed by atoms with van der Waals surface area (Å²) in [5.41, 5.74) is 2.20. The lowest BCUT2D eigenvalue weighted by Gasteiger charge is -2.29. The van der Waals surface area contributed by atoms with Gasteiger partial charge in [-0.3, -0.25) is 9.10 Å². The Labute approximate surface area is 157 Å². The molecule has 0 fully saturated rings. The van der Waals surface area contributed by atoms with E-state index in [0.717, 1.165) is 23.3 Å². The van der Waals surface area contributed by atoms with Crippen LogP contribution in [0.4, 0.5) is 5.69 Å². The van der Waals surface area contributed by atoms with E-state index in [-0.39, 0.29) is 11.5 Å². The van der Waals surface area contributed by atoms with Gasteiger partial charge >= 0.3 is 0 Å². The summed E-state index contributed by atoms with van der Waals surface area (Å²) in [4.78, 5) is 13.4. The molecule has 0 unspecified atom stereocenters. The largest absolute Gasteiger partial charge is 0.293 e. The Kier molecular flexibility index (Phi) is 5.41. The first kappa shape index (κ1) is 18.3. The minimum absolute atomic E-state index is 0.00389. The fourth-order valence-corrected chi connectivity index (χ4v) is 5.00. The van der Waals surface area contributed by atoms with Crippen molar-refractivity contribution >= 4 is 44.9 Å². The third-order valence-electron chi connectivity index (χ3n) is 4.07. The Balaban J connectivity index is 1.78. The van der Waals surface area contributed by atoms with E-state index < -0.39 is 10.0 Å². The number of hydrogen-bond donors (Lipinski definition) is 0. The van der Waals surface area contributed by atoms with Gasteiger partial charge in [0.25, 0.3) is 0 Å². The Hall–Kier alpha value is -1.50. The molecule has 25 heavy (non-hydrogen) atoms. The average molecular weight is 396 g/mol. The van der Waals surface area contributed by atoms with Crippen LogP contribution < -0.4 is 4.31 Å². The maximum absolute atomic E-state index is 12.5. The molecule has 2 aromatic carbocycles. The van der Waals surface area contributed by atoms with Crippen LogP contribution in [0, 0.1) is 0 Å². The van der Waals surface area contributed by atoms with Crippen molar-refractivity contribution < 1.29 is 13.2 Å². The number of thioether (sulfide) groups is 1. The number of benzene rings is 2. The van der Waals surface area contributed by atoms with Gasteiger partial charge in [-0.25, -0.2) is 8.42 Å². The molecular weight excluding hydrogens is 378 g/mol. The summed E-state index contributed by atoms with van der Waals surface area (Å²) in [6, 6.07) is 12.7. The van der Waals surface area contributed by atoms with Crippen molar-refractivity contribution in [1.29, 1.82) is 0 Å². The Bertz CT molecular complexity index is 912. The van der Waals surface area contributed by atoms with E-state index in [2.05, 4.69) is 0 Å². The molecule has 0 N–H and O–H groups in total. The molecule has 3 rings (SSSR count). The predicted octanol–water partition coefficient (Wildman–Crippen LogP) is 4.03. The van der Waals surface area contributed by atoms with E-state index in [1.165, 1.54) is 22.3 Å². The van der Waals surface area contributed by atoms with Crippen molar-refractivity contribution in [1.82, 2.24) is 0 Å². The van der Waals surface area contributed by atoms with E-state index in [1.807, 2.05) is 24.3 Å². The van der Waals surface area contributed by atoms with Crippen molar-refractivity contribution in [2.24, 2.45) is 0 Å². The molecule has 132 valence electrons. The smallest absolute Gasteiger partial charge is 0.232 e. The normalized spacial score (nSPS) is 14.2. The number of hydrogen-bond acceptors (Lipinski definition) is 4. The average Bonchev–Trinajstić information content (AvgIpc) is 2.59. The highest BCUT2D eigenvalue weighted by molar-refractivity contribution is 8.00. The van der Waals surface area contributed by atoms with E-state index in [0.29, 0.717) is 22.8 Å². The molecule has 0 amide bonds. The number of rotatable bonds is 5. The maximum atomic E-state index is 12.5. The number of carbonyl (C=O) groups is 1. The molecule has 0 radical (unpaired) electrons. The SMILES string of the molecule is CS(=O)(=O)N1CCCc2cc(C(=O)CSc3ccccc3Cl)ccc21. The van der Waals surface area contributed by atoms with Crippen LogP contribution in [0.15, 0.2) is 47.4 Å². The lowest BCUT2D eigenvalue weighted by molar-refractivity contribution is 0.102. The molecule has 0 aromatic heterocycles. The standard InChI is InChI=1S/C18H18ClNO3S2/c1-25(22,23)20-10-4-5-13-11-14(8-9-16(13)20)17(21)12-24-18-7-3-2-6-15(18)19/h2-3,6-9,11H,4-5,10,12H2,1H3. The second-order valence-corrected chi connectivity index (χ2v) is 9.26. The van der Waals surface area contributed by atoms with Crippen molar-refractivity contribution in [2.75, 3.05) is 22.9 Å². The fourth-order valence-electron chi connectivity index (χ4n) is 2.87. The predicted molar refractivity (Wildman–Crippen MR) is 103 cm³/mol. The number of aryl methyl sites for hydroxylation is 1. The summed E-state index contributed by atoms with van der Waals surface area (Å²) in [7, 11) is -3.29. The Morgan fingerprint density at radius 1 is 1.24 bits per heavy atom. The van der Waals surface area contributed by atoms with Gasteiger partial charge in [-0.15, -0.1) is 11.8 Å². The van der Waals surface area contributed by atoms with Gasteiger partial charge in [-0.05, 0) is 48.7 Å². The van der Waals surface area contributed by atoms with Crippen molar-refractivity contribution in [3.8, 4) is 0 Å². The van der Waals surface area contributed by atoms with Crippen LogP contribution in [-0.4, -0.2) is 32.8 Å². The first-order valence-electron chi connectivity index (χ1n) is 7.87. The highest BCUT2D eigenvalue weighted by Crippen LogP contribution is 2.31. The molecule has 0 aliphatic carbocycles. The first-order chi connectivity index (χ1) is 11.9. The van der Waals surface area contributed by atoms with Gasteiger partial charge in [0.05, 0.1) is 22.7 Å². The number of carbonyl (C=O) groups excluding carboxylic acids is 1. The van der Waals surface area contributed by atoms with Gasteiger partial charge in [0.15, 0.2) is 5.78 Å². The lowest BCUT2D eigenvalue weighted by atomic mass is 9.99. The zero-order chi connectivity index (χ0) is 18.0. The maximum Gasteiger partial charge on any atom is 0.232 e. The van der Waals surface area contributed by atoms with Gasteiger partial charge in [0.1, 0.15) is 0 Å². The van der Waals surface area contributed by atoms with E-state index >= 15 is 0 Å². The van der Waals surface area contributed by atoms with Crippen LogP contribution >= 0.6 is 23.4 Å². The van der Waals surface area contributed by atoms with Crippen LogP contribution in [0.25, 0.3) is 0 Å². The number of anilines is 1. The van der Waals surface area contributed by atoms with Crippen LogP contribution in [0.5, 0.6) is 0 Å². The third-order valence-corrected chi connectivity index (χ3v) is 6.77. The summed E-state index contributed by atoms with van der Waals surface area (Å²) in [5.74, 6) is 0.294. The minimum Gasteiger partial charge on any atom is -0.293 e. The van der Waals surface area contributed by atoms with Crippen molar-refractivity contribution in [3.63, 3.8) is 0 Å². The van der Waals surface area contributed by atoms with Crippen molar-refractivity contribution in [2.45, 2.75) is 17.7 Å².